The number of carbonyl (C=O) groups is 1. The van der Waals surface area contributed by atoms with Gasteiger partial charge in [0.15, 0.2) is 5.82 Å². The molecule has 0 saturated carbocycles. The molecule has 0 bridgehead atoms. The number of carbonyl (C=O) groups excluding carboxylic acids is 1. The molecule has 4 rings (SSSR count). The molecule has 3 aromatic rings. The van der Waals surface area contributed by atoms with Crippen LogP contribution in [0.3, 0.4) is 0 Å². The zero-order chi connectivity index (χ0) is 24.2. The summed E-state index contributed by atoms with van der Waals surface area (Å²) in [6.45, 7) is 10.1. The van der Waals surface area contributed by atoms with E-state index >= 15 is 0 Å². The summed E-state index contributed by atoms with van der Waals surface area (Å²) >= 11 is 0. The number of rotatable bonds is 8. The van der Waals surface area contributed by atoms with Gasteiger partial charge < -0.3 is 19.7 Å². The Morgan fingerprint density at radius 2 is 1.74 bits per heavy atom. The van der Waals surface area contributed by atoms with Crippen molar-refractivity contribution < 1.29 is 14.3 Å². The number of benzene rings is 2. The maximum Gasteiger partial charge on any atom is 0.338 e. The first-order valence-electron chi connectivity index (χ1n) is 11.6. The van der Waals surface area contributed by atoms with Gasteiger partial charge >= 0.3 is 5.97 Å². The molecule has 34 heavy (non-hydrogen) atoms. The van der Waals surface area contributed by atoms with Crippen molar-refractivity contribution in [1.29, 1.82) is 0 Å². The summed E-state index contributed by atoms with van der Waals surface area (Å²) in [4.78, 5) is 20.0. The lowest BCUT2D eigenvalue weighted by molar-refractivity contribution is -0.139. The van der Waals surface area contributed by atoms with E-state index in [9.17, 15) is 4.79 Å². The van der Waals surface area contributed by atoms with E-state index in [2.05, 4.69) is 48.3 Å². The molecule has 1 aliphatic rings. The number of nitrogens with one attached hydrogen (secondary N) is 1. The summed E-state index contributed by atoms with van der Waals surface area (Å²) in [5.41, 5.74) is 4.16. The van der Waals surface area contributed by atoms with Crippen LogP contribution in [-0.2, 0) is 9.53 Å². The van der Waals surface area contributed by atoms with Crippen LogP contribution in [-0.4, -0.2) is 47.5 Å². The van der Waals surface area contributed by atoms with Gasteiger partial charge in [0, 0.05) is 30.0 Å². The van der Waals surface area contributed by atoms with Crippen LogP contribution in [0.5, 0.6) is 5.75 Å². The van der Waals surface area contributed by atoms with Gasteiger partial charge in [0.2, 0.25) is 5.95 Å². The van der Waals surface area contributed by atoms with E-state index in [0.717, 1.165) is 35.7 Å². The van der Waals surface area contributed by atoms with Gasteiger partial charge in [0.25, 0.3) is 0 Å². The Bertz CT molecular complexity index is 1180. The van der Waals surface area contributed by atoms with Crippen LogP contribution in [0.25, 0.3) is 11.4 Å². The Morgan fingerprint density at radius 3 is 2.32 bits per heavy atom. The number of aromatic nitrogens is 3. The number of allylic oxidation sites excluding steroid dienone is 1. The van der Waals surface area contributed by atoms with Gasteiger partial charge in [0.1, 0.15) is 11.8 Å². The highest BCUT2D eigenvalue weighted by atomic mass is 16.5. The number of ether oxygens (including phenoxy) is 2. The second-order valence-electron chi connectivity index (χ2n) is 7.98. The molecule has 1 N–H and O–H groups in total. The first-order chi connectivity index (χ1) is 16.5. The minimum atomic E-state index is -0.458. The van der Waals surface area contributed by atoms with E-state index in [1.54, 1.807) is 18.7 Å². The molecule has 8 nitrogen and oxygen atoms in total. The summed E-state index contributed by atoms with van der Waals surface area (Å²) in [5, 5.41) is 8.05. The molecule has 178 valence electrons. The molecule has 1 atom stereocenters. The van der Waals surface area contributed by atoms with Crippen molar-refractivity contribution in [2.75, 3.05) is 37.0 Å². The van der Waals surface area contributed by atoms with Crippen molar-refractivity contribution in [3.8, 4) is 17.1 Å². The number of hydrogen-bond donors (Lipinski definition) is 1. The summed E-state index contributed by atoms with van der Waals surface area (Å²) < 4.78 is 12.4. The van der Waals surface area contributed by atoms with E-state index in [-0.39, 0.29) is 5.97 Å². The Morgan fingerprint density at radius 1 is 1.06 bits per heavy atom. The number of anilines is 2. The zero-order valence-electron chi connectivity index (χ0n) is 20.3. The normalized spacial score (nSPS) is 14.9. The molecule has 1 aliphatic heterocycles. The van der Waals surface area contributed by atoms with Gasteiger partial charge in [0.05, 0.1) is 19.3 Å². The van der Waals surface area contributed by atoms with Crippen molar-refractivity contribution in [3.05, 3.63) is 65.4 Å². The van der Waals surface area contributed by atoms with Crippen molar-refractivity contribution in [2.24, 2.45) is 0 Å². The summed E-state index contributed by atoms with van der Waals surface area (Å²) in [7, 11) is 1.63. The van der Waals surface area contributed by atoms with Gasteiger partial charge in [-0.05, 0) is 69.7 Å². The molecule has 1 unspecified atom stereocenters. The molecule has 0 saturated heterocycles. The molecule has 0 spiro atoms. The number of nitrogens with zero attached hydrogens (tertiary/aromatic N) is 4. The fourth-order valence-electron chi connectivity index (χ4n) is 4.25. The topological polar surface area (TPSA) is 81.5 Å². The number of hydrogen-bond acceptors (Lipinski definition) is 7. The standard InChI is InChI=1S/C26H31N5O3/c1-6-30(7-2)20-13-9-18(10-14-20)23-22(25(32)34-8-3)17(4)27-26-28-24(29-31(23)26)19-11-15-21(33-5)16-12-19/h9-16,23H,6-8H2,1-5H3,(H,27,28,29). The molecule has 0 radical (unpaired) electrons. The fraction of sp³-hybridized carbons (Fsp3) is 0.346. The smallest absolute Gasteiger partial charge is 0.338 e. The van der Waals surface area contributed by atoms with Crippen LogP contribution in [0.4, 0.5) is 11.6 Å². The molecule has 8 heteroatoms. The largest absolute Gasteiger partial charge is 0.497 e. The van der Waals surface area contributed by atoms with E-state index in [4.69, 9.17) is 19.6 Å². The van der Waals surface area contributed by atoms with Gasteiger partial charge in [-0.25, -0.2) is 9.48 Å². The van der Waals surface area contributed by atoms with E-state index in [1.165, 1.54) is 0 Å². The fourth-order valence-corrected chi connectivity index (χ4v) is 4.25. The third-order valence-corrected chi connectivity index (χ3v) is 6.03. The SMILES string of the molecule is CCOC(=O)C1=C(C)Nc2nc(-c3ccc(OC)cc3)nn2C1c1ccc(N(CC)CC)cc1. The molecule has 2 heterocycles. The van der Waals surface area contributed by atoms with Crippen molar-refractivity contribution in [2.45, 2.75) is 33.7 Å². The minimum absolute atomic E-state index is 0.296. The first-order valence-corrected chi connectivity index (χ1v) is 11.6. The van der Waals surface area contributed by atoms with E-state index in [1.807, 2.05) is 31.2 Å². The molecule has 2 aromatic carbocycles. The van der Waals surface area contributed by atoms with Crippen LogP contribution in [0.1, 0.15) is 39.3 Å². The van der Waals surface area contributed by atoms with Crippen LogP contribution in [0.15, 0.2) is 59.8 Å². The first kappa shape index (κ1) is 23.4. The quantitative estimate of drug-likeness (QED) is 0.489. The lowest BCUT2D eigenvalue weighted by atomic mass is 9.95. The molecule has 1 aromatic heterocycles. The van der Waals surface area contributed by atoms with Crippen molar-refractivity contribution >= 4 is 17.6 Å². The zero-order valence-corrected chi connectivity index (χ0v) is 20.3. The minimum Gasteiger partial charge on any atom is -0.497 e. The highest BCUT2D eigenvalue weighted by molar-refractivity contribution is 5.92. The average Bonchev–Trinajstić information content (AvgIpc) is 3.28. The highest BCUT2D eigenvalue weighted by Crippen LogP contribution is 2.37. The maximum atomic E-state index is 13.0. The second kappa shape index (κ2) is 9.99. The number of esters is 1. The van der Waals surface area contributed by atoms with Crippen molar-refractivity contribution in [1.82, 2.24) is 14.8 Å². The van der Waals surface area contributed by atoms with E-state index in [0.29, 0.717) is 29.6 Å². The molecular weight excluding hydrogens is 430 g/mol. The van der Waals surface area contributed by atoms with Crippen LogP contribution >= 0.6 is 0 Å². The highest BCUT2D eigenvalue weighted by Gasteiger charge is 2.35. The molecule has 0 fully saturated rings. The van der Waals surface area contributed by atoms with Crippen LogP contribution < -0.4 is 15.0 Å². The van der Waals surface area contributed by atoms with Crippen LogP contribution in [0.2, 0.25) is 0 Å². The van der Waals surface area contributed by atoms with Gasteiger partial charge in [-0.3, -0.25) is 0 Å². The average molecular weight is 462 g/mol. The predicted octanol–water partition coefficient (Wildman–Crippen LogP) is 4.65. The summed E-state index contributed by atoms with van der Waals surface area (Å²) in [5.74, 6) is 1.54. The Balaban J connectivity index is 1.79. The number of methoxy groups -OCH3 is 1. The molecule has 0 aliphatic carbocycles. The van der Waals surface area contributed by atoms with Gasteiger partial charge in [-0.15, -0.1) is 5.10 Å². The van der Waals surface area contributed by atoms with Gasteiger partial charge in [-0.1, -0.05) is 12.1 Å². The Kier molecular flexibility index (Phi) is 6.86. The van der Waals surface area contributed by atoms with E-state index < -0.39 is 6.04 Å². The van der Waals surface area contributed by atoms with Crippen molar-refractivity contribution in [3.63, 3.8) is 0 Å². The third kappa shape index (κ3) is 4.35. The lowest BCUT2D eigenvalue weighted by Crippen LogP contribution is -2.29. The predicted molar refractivity (Wildman–Crippen MR) is 133 cm³/mol. The Labute approximate surface area is 200 Å². The second-order valence-corrected chi connectivity index (χ2v) is 7.98. The molecular formula is C26H31N5O3. The third-order valence-electron chi connectivity index (χ3n) is 6.03. The van der Waals surface area contributed by atoms with Gasteiger partial charge in [-0.2, -0.15) is 4.98 Å². The summed E-state index contributed by atoms with van der Waals surface area (Å²) in [6.07, 6.45) is 0. The summed E-state index contributed by atoms with van der Waals surface area (Å²) in [6, 6.07) is 15.4. The Hall–Kier alpha value is -3.81. The van der Waals surface area contributed by atoms with Crippen LogP contribution in [0, 0.1) is 0 Å². The number of fused-ring (bicyclic) bond motifs is 1. The molecule has 0 amide bonds. The lowest BCUT2D eigenvalue weighted by Gasteiger charge is -2.28. The maximum absolute atomic E-state index is 13.0. The monoisotopic (exact) mass is 461 g/mol.